The summed E-state index contributed by atoms with van der Waals surface area (Å²) in [5.41, 5.74) is 2.82. The third-order valence-corrected chi connectivity index (χ3v) is 4.99. The summed E-state index contributed by atoms with van der Waals surface area (Å²) in [5, 5.41) is 9.73. The lowest BCUT2D eigenvalue weighted by Crippen LogP contribution is -2.28. The summed E-state index contributed by atoms with van der Waals surface area (Å²) in [6, 6.07) is 7.85. The van der Waals surface area contributed by atoms with Crippen LogP contribution in [0.1, 0.15) is 56.7 Å². The number of thiazole rings is 1. The number of hydrogen-bond acceptors (Lipinski definition) is 6. The number of amides is 1. The van der Waals surface area contributed by atoms with Gasteiger partial charge in [0.25, 0.3) is 0 Å². The smallest absolute Gasteiger partial charge is 0.248 e. The fourth-order valence-electron chi connectivity index (χ4n) is 2.45. The van der Waals surface area contributed by atoms with Crippen molar-refractivity contribution in [2.75, 3.05) is 0 Å². The van der Waals surface area contributed by atoms with Crippen molar-refractivity contribution in [1.82, 2.24) is 20.4 Å². The van der Waals surface area contributed by atoms with Gasteiger partial charge in [-0.05, 0) is 13.8 Å². The van der Waals surface area contributed by atoms with Crippen LogP contribution in [0.4, 0.5) is 0 Å². The van der Waals surface area contributed by atoms with Crippen LogP contribution in [0.2, 0.25) is 0 Å². The number of aromatic nitrogens is 3. The predicted octanol–water partition coefficient (Wildman–Crippen LogP) is 4.22. The fraction of sp³-hybridized carbons (Fsp3) is 0.400. The van der Waals surface area contributed by atoms with Gasteiger partial charge in [-0.2, -0.15) is 4.98 Å². The number of nitrogens with zero attached hydrogens (tertiary/aromatic N) is 3. The molecule has 1 atom stereocenters. The van der Waals surface area contributed by atoms with Crippen LogP contribution in [0.25, 0.3) is 10.6 Å². The summed E-state index contributed by atoms with van der Waals surface area (Å²) in [5.74, 6) is 0.909. The molecule has 0 saturated carbocycles. The highest BCUT2D eigenvalue weighted by Gasteiger charge is 2.24. The maximum absolute atomic E-state index is 12.4. The predicted molar refractivity (Wildman–Crippen MR) is 106 cm³/mol. The van der Waals surface area contributed by atoms with E-state index in [4.69, 9.17) is 4.52 Å². The van der Waals surface area contributed by atoms with Crippen molar-refractivity contribution in [2.45, 2.75) is 52.5 Å². The monoisotopic (exact) mass is 384 g/mol. The summed E-state index contributed by atoms with van der Waals surface area (Å²) >= 11 is 1.54. The molecule has 0 aliphatic carbocycles. The molecule has 7 heteroatoms. The second-order valence-corrected chi connectivity index (χ2v) is 8.54. The zero-order chi connectivity index (χ0) is 19.6. The first-order valence-corrected chi connectivity index (χ1v) is 9.75. The Labute approximate surface area is 163 Å². The van der Waals surface area contributed by atoms with Gasteiger partial charge in [0.1, 0.15) is 11.0 Å². The van der Waals surface area contributed by atoms with Crippen molar-refractivity contribution in [3.63, 3.8) is 0 Å². The number of aryl methyl sites for hydroxylation is 1. The van der Waals surface area contributed by atoms with E-state index in [0.717, 1.165) is 16.3 Å². The molecular formula is C20H24N4O2S. The van der Waals surface area contributed by atoms with Gasteiger partial charge in [0.15, 0.2) is 5.82 Å². The summed E-state index contributed by atoms with van der Waals surface area (Å²) in [6.07, 6.45) is 0.215. The molecule has 0 saturated heterocycles. The highest BCUT2D eigenvalue weighted by Crippen LogP contribution is 2.24. The van der Waals surface area contributed by atoms with Gasteiger partial charge in [-0.15, -0.1) is 11.3 Å². The highest BCUT2D eigenvalue weighted by atomic mass is 32.1. The van der Waals surface area contributed by atoms with Gasteiger partial charge < -0.3 is 9.84 Å². The van der Waals surface area contributed by atoms with E-state index in [1.54, 1.807) is 0 Å². The lowest BCUT2D eigenvalue weighted by molar-refractivity contribution is -0.121. The number of rotatable bonds is 5. The molecule has 142 valence electrons. The van der Waals surface area contributed by atoms with Crippen molar-refractivity contribution < 1.29 is 9.32 Å². The molecular weight excluding hydrogens is 360 g/mol. The van der Waals surface area contributed by atoms with Gasteiger partial charge >= 0.3 is 0 Å². The number of benzene rings is 1. The maximum Gasteiger partial charge on any atom is 0.248 e. The van der Waals surface area contributed by atoms with E-state index in [1.165, 1.54) is 16.9 Å². The minimum atomic E-state index is -0.351. The van der Waals surface area contributed by atoms with E-state index >= 15 is 0 Å². The molecule has 1 aromatic carbocycles. The second kappa shape index (κ2) is 7.60. The number of nitrogens with one attached hydrogen (secondary N) is 1. The van der Waals surface area contributed by atoms with Crippen LogP contribution in [-0.2, 0) is 16.6 Å². The van der Waals surface area contributed by atoms with E-state index in [9.17, 15) is 4.79 Å². The van der Waals surface area contributed by atoms with Crippen LogP contribution < -0.4 is 5.32 Å². The minimum Gasteiger partial charge on any atom is -0.344 e. The van der Waals surface area contributed by atoms with Crippen LogP contribution in [0.5, 0.6) is 0 Å². The Hall–Kier alpha value is -2.54. The average Bonchev–Trinajstić information content (AvgIpc) is 3.24. The first-order valence-electron chi connectivity index (χ1n) is 8.87. The normalized spacial score (nSPS) is 12.8. The third kappa shape index (κ3) is 4.80. The van der Waals surface area contributed by atoms with Gasteiger partial charge in [0, 0.05) is 16.4 Å². The van der Waals surface area contributed by atoms with Crippen molar-refractivity contribution in [1.29, 1.82) is 0 Å². The standard InChI is InChI=1S/C20H24N4O2S/c1-12-6-8-14(9-7-12)18-22-15(11-27-18)10-16(25)21-13(2)17-23-19(24-26-17)20(3,4)5/h6-9,11,13H,10H2,1-5H3,(H,21,25)/t13-/m1/s1. The Balaban J connectivity index is 1.61. The Kier molecular flexibility index (Phi) is 5.41. The molecule has 0 aliphatic heterocycles. The molecule has 0 bridgehead atoms. The summed E-state index contributed by atoms with van der Waals surface area (Å²) in [6.45, 7) is 9.92. The quantitative estimate of drug-likeness (QED) is 0.712. The molecule has 2 heterocycles. The molecule has 3 rings (SSSR count). The third-order valence-electron chi connectivity index (χ3n) is 4.05. The zero-order valence-corrected chi connectivity index (χ0v) is 17.1. The van der Waals surface area contributed by atoms with Crippen LogP contribution in [0, 0.1) is 6.92 Å². The van der Waals surface area contributed by atoms with Gasteiger partial charge in [-0.25, -0.2) is 4.98 Å². The molecule has 0 fully saturated rings. The molecule has 0 unspecified atom stereocenters. The Morgan fingerprint density at radius 2 is 1.93 bits per heavy atom. The van der Waals surface area contributed by atoms with Gasteiger partial charge in [-0.1, -0.05) is 55.8 Å². The zero-order valence-electron chi connectivity index (χ0n) is 16.2. The van der Waals surface area contributed by atoms with E-state index < -0.39 is 0 Å². The van der Waals surface area contributed by atoms with Crippen molar-refractivity contribution >= 4 is 17.2 Å². The Morgan fingerprint density at radius 3 is 2.56 bits per heavy atom. The molecule has 3 aromatic rings. The average molecular weight is 385 g/mol. The van der Waals surface area contributed by atoms with Crippen LogP contribution in [-0.4, -0.2) is 21.0 Å². The first-order chi connectivity index (χ1) is 12.7. The lowest BCUT2D eigenvalue weighted by Gasteiger charge is -2.11. The molecule has 27 heavy (non-hydrogen) atoms. The number of carbonyl (C=O) groups excluding carboxylic acids is 1. The first kappa shape index (κ1) is 19.2. The maximum atomic E-state index is 12.4. The van der Waals surface area contributed by atoms with Crippen LogP contribution >= 0.6 is 11.3 Å². The highest BCUT2D eigenvalue weighted by molar-refractivity contribution is 7.13. The minimum absolute atomic E-state index is 0.126. The molecule has 2 aromatic heterocycles. The van der Waals surface area contributed by atoms with Crippen molar-refractivity contribution in [2.24, 2.45) is 0 Å². The summed E-state index contributed by atoms with van der Waals surface area (Å²) in [7, 11) is 0. The van der Waals surface area contributed by atoms with Crippen molar-refractivity contribution in [3.05, 3.63) is 52.6 Å². The topological polar surface area (TPSA) is 80.9 Å². The molecule has 1 amide bonds. The SMILES string of the molecule is Cc1ccc(-c2nc(CC(=O)N[C@H](C)c3nc(C(C)(C)C)no3)cs2)cc1. The fourth-order valence-corrected chi connectivity index (χ4v) is 3.28. The van der Waals surface area contributed by atoms with Gasteiger partial charge in [-0.3, -0.25) is 4.79 Å². The molecule has 0 radical (unpaired) electrons. The van der Waals surface area contributed by atoms with Gasteiger partial charge in [0.05, 0.1) is 12.1 Å². The molecule has 0 spiro atoms. The van der Waals surface area contributed by atoms with E-state index in [2.05, 4.69) is 39.5 Å². The summed E-state index contributed by atoms with van der Waals surface area (Å²) in [4.78, 5) is 21.3. The van der Waals surface area contributed by atoms with Crippen LogP contribution in [0.3, 0.4) is 0 Å². The summed E-state index contributed by atoms with van der Waals surface area (Å²) < 4.78 is 5.29. The molecule has 6 nitrogen and oxygen atoms in total. The Bertz CT molecular complexity index is 922. The number of hydrogen-bond donors (Lipinski definition) is 1. The second-order valence-electron chi connectivity index (χ2n) is 7.68. The lowest BCUT2D eigenvalue weighted by atomic mass is 9.96. The van der Waals surface area contributed by atoms with Crippen LogP contribution in [0.15, 0.2) is 34.2 Å². The largest absolute Gasteiger partial charge is 0.344 e. The Morgan fingerprint density at radius 1 is 1.22 bits per heavy atom. The van der Waals surface area contributed by atoms with Crippen molar-refractivity contribution in [3.8, 4) is 10.6 Å². The van der Waals surface area contributed by atoms with E-state index in [-0.39, 0.29) is 23.8 Å². The van der Waals surface area contributed by atoms with E-state index in [1.807, 2.05) is 45.2 Å². The number of carbonyl (C=O) groups is 1. The molecule has 0 aliphatic rings. The van der Waals surface area contributed by atoms with E-state index in [0.29, 0.717) is 11.7 Å². The van der Waals surface area contributed by atoms with Gasteiger partial charge in [0.2, 0.25) is 11.8 Å². The molecule has 1 N–H and O–H groups in total.